The van der Waals surface area contributed by atoms with Gasteiger partial charge in [0.1, 0.15) is 5.75 Å². The molecule has 2 fully saturated rings. The van der Waals surface area contributed by atoms with Crippen LogP contribution in [0.4, 0.5) is 5.69 Å². The van der Waals surface area contributed by atoms with Crippen molar-refractivity contribution in [1.82, 2.24) is 10.2 Å². The van der Waals surface area contributed by atoms with Gasteiger partial charge in [-0.3, -0.25) is 9.59 Å². The van der Waals surface area contributed by atoms with E-state index in [2.05, 4.69) is 10.6 Å². The molecule has 2 amide bonds. The molecule has 1 saturated heterocycles. The lowest BCUT2D eigenvalue weighted by Crippen LogP contribution is -2.42. The molecule has 6 nitrogen and oxygen atoms in total. The topological polar surface area (TPSA) is 70.7 Å². The van der Waals surface area contributed by atoms with Crippen molar-refractivity contribution in [1.29, 1.82) is 0 Å². The van der Waals surface area contributed by atoms with Gasteiger partial charge >= 0.3 is 0 Å². The Morgan fingerprint density at radius 3 is 2.64 bits per heavy atom. The number of carbonyl (C=O) groups excluding carboxylic acids is 2. The van der Waals surface area contributed by atoms with Crippen molar-refractivity contribution in [3.63, 3.8) is 0 Å². The monoisotopic (exact) mass is 345 g/mol. The summed E-state index contributed by atoms with van der Waals surface area (Å²) >= 11 is 0. The third kappa shape index (κ3) is 5.19. The van der Waals surface area contributed by atoms with Gasteiger partial charge in [-0.2, -0.15) is 0 Å². The number of hydrogen-bond donors (Lipinski definition) is 2. The van der Waals surface area contributed by atoms with Gasteiger partial charge in [0.25, 0.3) is 5.91 Å². The summed E-state index contributed by atoms with van der Waals surface area (Å²) in [6.07, 6.45) is 4.02. The van der Waals surface area contributed by atoms with E-state index in [0.717, 1.165) is 51.0 Å². The summed E-state index contributed by atoms with van der Waals surface area (Å²) in [5, 5.41) is 6.09. The summed E-state index contributed by atoms with van der Waals surface area (Å²) in [6, 6.07) is 7.24. The normalized spacial score (nSPS) is 18.0. The number of benzene rings is 1. The Balaban J connectivity index is 1.45. The molecule has 1 heterocycles. The number of piperidine rings is 1. The molecule has 0 unspecified atom stereocenters. The van der Waals surface area contributed by atoms with Crippen LogP contribution in [0.5, 0.6) is 5.75 Å². The van der Waals surface area contributed by atoms with E-state index in [9.17, 15) is 9.59 Å². The SMILES string of the molecule is CNCC1CCN(C(=O)COc2cccc(NC(=O)C3CC3)c2)CC1. The highest BCUT2D eigenvalue weighted by Crippen LogP contribution is 2.30. The van der Waals surface area contributed by atoms with Crippen LogP contribution >= 0.6 is 0 Å². The molecule has 25 heavy (non-hydrogen) atoms. The first-order valence-corrected chi connectivity index (χ1v) is 9.12. The second kappa shape index (κ2) is 8.34. The van der Waals surface area contributed by atoms with Gasteiger partial charge in [-0.15, -0.1) is 0 Å². The Bertz CT molecular complexity index is 608. The number of likely N-dealkylation sites (tertiary alicyclic amines) is 1. The zero-order valence-corrected chi connectivity index (χ0v) is 14.8. The van der Waals surface area contributed by atoms with E-state index in [4.69, 9.17) is 4.74 Å². The molecule has 1 aliphatic carbocycles. The predicted octanol–water partition coefficient (Wildman–Crippen LogP) is 1.87. The van der Waals surface area contributed by atoms with Crippen LogP contribution < -0.4 is 15.4 Å². The second-order valence-electron chi connectivity index (χ2n) is 6.96. The average Bonchev–Trinajstić information content (AvgIpc) is 3.46. The van der Waals surface area contributed by atoms with Crippen LogP contribution in [-0.2, 0) is 9.59 Å². The molecular weight excluding hydrogens is 318 g/mol. The van der Waals surface area contributed by atoms with Gasteiger partial charge in [-0.05, 0) is 57.3 Å². The number of anilines is 1. The summed E-state index contributed by atoms with van der Waals surface area (Å²) < 4.78 is 5.64. The van der Waals surface area contributed by atoms with Crippen molar-refractivity contribution in [3.05, 3.63) is 24.3 Å². The van der Waals surface area contributed by atoms with Gasteiger partial charge in [0, 0.05) is 30.8 Å². The van der Waals surface area contributed by atoms with E-state index in [0.29, 0.717) is 11.7 Å². The maximum absolute atomic E-state index is 12.3. The number of ether oxygens (including phenoxy) is 1. The minimum absolute atomic E-state index is 0.0235. The Kier molecular flexibility index (Phi) is 5.91. The molecule has 2 N–H and O–H groups in total. The lowest BCUT2D eigenvalue weighted by Gasteiger charge is -2.31. The Morgan fingerprint density at radius 1 is 1.20 bits per heavy atom. The van der Waals surface area contributed by atoms with Crippen LogP contribution in [0.2, 0.25) is 0 Å². The van der Waals surface area contributed by atoms with Crippen molar-refractivity contribution < 1.29 is 14.3 Å². The van der Waals surface area contributed by atoms with Gasteiger partial charge in [0.2, 0.25) is 5.91 Å². The van der Waals surface area contributed by atoms with Crippen molar-refractivity contribution in [2.24, 2.45) is 11.8 Å². The third-order valence-corrected chi connectivity index (χ3v) is 4.87. The number of nitrogens with zero attached hydrogens (tertiary/aromatic N) is 1. The van der Waals surface area contributed by atoms with E-state index >= 15 is 0 Å². The van der Waals surface area contributed by atoms with Gasteiger partial charge < -0.3 is 20.3 Å². The van der Waals surface area contributed by atoms with Gasteiger partial charge in [-0.1, -0.05) is 6.07 Å². The fourth-order valence-electron chi connectivity index (χ4n) is 3.17. The molecule has 1 aliphatic heterocycles. The van der Waals surface area contributed by atoms with Gasteiger partial charge in [0.05, 0.1) is 0 Å². The number of hydrogen-bond acceptors (Lipinski definition) is 4. The summed E-state index contributed by atoms with van der Waals surface area (Å²) in [5.74, 6) is 1.51. The molecule has 0 radical (unpaired) electrons. The molecule has 0 aromatic heterocycles. The smallest absolute Gasteiger partial charge is 0.260 e. The lowest BCUT2D eigenvalue weighted by atomic mass is 9.97. The van der Waals surface area contributed by atoms with E-state index in [1.165, 1.54) is 0 Å². The van der Waals surface area contributed by atoms with E-state index in [1.54, 1.807) is 12.1 Å². The molecule has 1 saturated carbocycles. The van der Waals surface area contributed by atoms with Crippen LogP contribution in [0.3, 0.4) is 0 Å². The molecule has 1 aromatic rings. The Labute approximate surface area is 148 Å². The zero-order valence-electron chi connectivity index (χ0n) is 14.8. The van der Waals surface area contributed by atoms with Crippen molar-refractivity contribution >= 4 is 17.5 Å². The van der Waals surface area contributed by atoms with Crippen molar-refractivity contribution in [2.45, 2.75) is 25.7 Å². The van der Waals surface area contributed by atoms with Crippen LogP contribution in [0, 0.1) is 11.8 Å². The third-order valence-electron chi connectivity index (χ3n) is 4.87. The summed E-state index contributed by atoms with van der Waals surface area (Å²) in [7, 11) is 1.96. The standard InChI is InChI=1S/C19H27N3O3/c1-20-12-14-7-9-22(10-8-14)18(23)13-25-17-4-2-3-16(11-17)21-19(24)15-5-6-15/h2-4,11,14-15,20H,5-10,12-13H2,1H3,(H,21,24). The molecule has 0 bridgehead atoms. The fraction of sp³-hybridized carbons (Fsp3) is 0.579. The fourth-order valence-corrected chi connectivity index (χ4v) is 3.17. The summed E-state index contributed by atoms with van der Waals surface area (Å²) in [5.41, 5.74) is 0.717. The molecule has 136 valence electrons. The Morgan fingerprint density at radius 2 is 1.96 bits per heavy atom. The van der Waals surface area contributed by atoms with Crippen LogP contribution in [0.1, 0.15) is 25.7 Å². The molecule has 0 atom stereocenters. The highest BCUT2D eigenvalue weighted by atomic mass is 16.5. The number of carbonyl (C=O) groups is 2. The molecular formula is C19H27N3O3. The maximum atomic E-state index is 12.3. The minimum Gasteiger partial charge on any atom is -0.484 e. The molecule has 1 aromatic carbocycles. The maximum Gasteiger partial charge on any atom is 0.260 e. The first-order valence-electron chi connectivity index (χ1n) is 9.12. The first kappa shape index (κ1) is 17.7. The predicted molar refractivity (Wildman–Crippen MR) is 96.5 cm³/mol. The number of rotatable bonds is 7. The van der Waals surface area contributed by atoms with E-state index < -0.39 is 0 Å². The first-order chi connectivity index (χ1) is 12.2. The van der Waals surface area contributed by atoms with Crippen LogP contribution in [0.25, 0.3) is 0 Å². The van der Waals surface area contributed by atoms with Crippen molar-refractivity contribution in [3.8, 4) is 5.75 Å². The van der Waals surface area contributed by atoms with Crippen LogP contribution in [-0.4, -0.2) is 50.0 Å². The quantitative estimate of drug-likeness (QED) is 0.791. The largest absolute Gasteiger partial charge is 0.484 e. The molecule has 0 spiro atoms. The number of amides is 2. The Hall–Kier alpha value is -2.08. The van der Waals surface area contributed by atoms with Gasteiger partial charge in [-0.25, -0.2) is 0 Å². The van der Waals surface area contributed by atoms with Crippen LogP contribution in [0.15, 0.2) is 24.3 Å². The molecule has 2 aliphatic rings. The van der Waals surface area contributed by atoms with E-state index in [1.807, 2.05) is 24.1 Å². The lowest BCUT2D eigenvalue weighted by molar-refractivity contribution is -0.134. The highest BCUT2D eigenvalue weighted by Gasteiger charge is 2.29. The highest BCUT2D eigenvalue weighted by molar-refractivity contribution is 5.94. The minimum atomic E-state index is 0.0235. The van der Waals surface area contributed by atoms with E-state index in [-0.39, 0.29) is 24.3 Å². The molecule has 3 rings (SSSR count). The molecule has 6 heteroatoms. The van der Waals surface area contributed by atoms with Crippen molar-refractivity contribution in [2.75, 3.05) is 38.6 Å². The summed E-state index contributed by atoms with van der Waals surface area (Å²) in [4.78, 5) is 26.0. The average molecular weight is 345 g/mol. The number of nitrogens with one attached hydrogen (secondary N) is 2. The van der Waals surface area contributed by atoms with Gasteiger partial charge in [0.15, 0.2) is 6.61 Å². The second-order valence-corrected chi connectivity index (χ2v) is 6.96. The zero-order chi connectivity index (χ0) is 17.6. The summed E-state index contributed by atoms with van der Waals surface area (Å²) in [6.45, 7) is 2.65.